The number of aromatic nitrogens is 1. The molecule has 0 aliphatic carbocycles. The number of hydrogen-bond donors (Lipinski definition) is 1. The number of aromatic hydroxyl groups is 1. The van der Waals surface area contributed by atoms with E-state index in [2.05, 4.69) is 22.6 Å². The first-order chi connectivity index (χ1) is 6.61. The van der Waals surface area contributed by atoms with Crippen molar-refractivity contribution in [2.75, 3.05) is 0 Å². The quantitative estimate of drug-likeness (QED) is 0.760. The highest BCUT2D eigenvalue weighted by Crippen LogP contribution is 2.30. The standard InChI is InChI=1S/C10H8INO2/c1-6(13)12-5-9(14)10-7(11)3-2-4-8(10)12/h2-5,14H,1H3. The molecular formula is C10H8INO2. The second-order valence-electron chi connectivity index (χ2n) is 3.04. The molecule has 14 heavy (non-hydrogen) atoms. The van der Waals surface area contributed by atoms with Gasteiger partial charge in [-0.15, -0.1) is 0 Å². The summed E-state index contributed by atoms with van der Waals surface area (Å²) in [6.07, 6.45) is 1.45. The minimum absolute atomic E-state index is 0.0997. The minimum Gasteiger partial charge on any atom is -0.506 e. The number of halogens is 1. The predicted octanol–water partition coefficient (Wildman–Crippen LogP) is 2.61. The number of hydrogen-bond acceptors (Lipinski definition) is 2. The van der Waals surface area contributed by atoms with E-state index in [-0.39, 0.29) is 11.7 Å². The molecule has 0 saturated carbocycles. The lowest BCUT2D eigenvalue weighted by atomic mass is 10.2. The second-order valence-corrected chi connectivity index (χ2v) is 4.20. The van der Waals surface area contributed by atoms with E-state index in [1.807, 2.05) is 18.2 Å². The SMILES string of the molecule is CC(=O)n1cc(O)c2c(I)cccc21. The molecule has 1 aromatic carbocycles. The predicted molar refractivity (Wildman–Crippen MR) is 62.6 cm³/mol. The molecule has 0 saturated heterocycles. The van der Waals surface area contributed by atoms with Gasteiger partial charge < -0.3 is 5.11 Å². The van der Waals surface area contributed by atoms with Crippen LogP contribution in [0.4, 0.5) is 0 Å². The summed E-state index contributed by atoms with van der Waals surface area (Å²) < 4.78 is 2.39. The summed E-state index contributed by atoms with van der Waals surface area (Å²) >= 11 is 2.14. The van der Waals surface area contributed by atoms with Gasteiger partial charge in [0.25, 0.3) is 0 Å². The third-order valence-corrected chi connectivity index (χ3v) is 3.00. The van der Waals surface area contributed by atoms with Crippen LogP contribution in [0.5, 0.6) is 5.75 Å². The Kier molecular flexibility index (Phi) is 2.22. The number of carbonyl (C=O) groups excluding carboxylic acids is 1. The molecule has 1 aromatic heterocycles. The van der Waals surface area contributed by atoms with E-state index in [4.69, 9.17) is 0 Å². The zero-order valence-electron chi connectivity index (χ0n) is 7.49. The molecule has 0 aliphatic heterocycles. The van der Waals surface area contributed by atoms with Crippen molar-refractivity contribution < 1.29 is 9.90 Å². The van der Waals surface area contributed by atoms with Crippen molar-refractivity contribution in [1.29, 1.82) is 0 Å². The molecule has 0 fully saturated rings. The van der Waals surface area contributed by atoms with Gasteiger partial charge in [-0.25, -0.2) is 0 Å². The van der Waals surface area contributed by atoms with E-state index in [1.165, 1.54) is 17.7 Å². The van der Waals surface area contributed by atoms with Gasteiger partial charge in [-0.2, -0.15) is 0 Å². The average molecular weight is 301 g/mol. The van der Waals surface area contributed by atoms with Gasteiger partial charge in [-0.05, 0) is 34.7 Å². The molecule has 72 valence electrons. The molecule has 1 N–H and O–H groups in total. The molecular weight excluding hydrogens is 293 g/mol. The van der Waals surface area contributed by atoms with Crippen LogP contribution in [0.15, 0.2) is 24.4 Å². The summed E-state index contributed by atoms with van der Waals surface area (Å²) in [5.41, 5.74) is 0.752. The molecule has 1 heterocycles. The molecule has 0 bridgehead atoms. The second kappa shape index (κ2) is 3.27. The maximum Gasteiger partial charge on any atom is 0.228 e. The van der Waals surface area contributed by atoms with Crippen LogP contribution in [0.2, 0.25) is 0 Å². The number of nitrogens with zero attached hydrogens (tertiary/aromatic N) is 1. The molecule has 3 nitrogen and oxygen atoms in total. The molecule has 0 unspecified atom stereocenters. The van der Waals surface area contributed by atoms with Crippen molar-refractivity contribution in [1.82, 2.24) is 4.57 Å². The smallest absolute Gasteiger partial charge is 0.228 e. The van der Waals surface area contributed by atoms with Gasteiger partial charge in [0.15, 0.2) is 0 Å². The highest BCUT2D eigenvalue weighted by atomic mass is 127. The highest BCUT2D eigenvalue weighted by Gasteiger charge is 2.11. The summed E-state index contributed by atoms with van der Waals surface area (Å²) in [5, 5.41) is 10.4. The zero-order valence-corrected chi connectivity index (χ0v) is 9.65. The van der Waals surface area contributed by atoms with E-state index in [9.17, 15) is 9.90 Å². The van der Waals surface area contributed by atoms with E-state index in [0.29, 0.717) is 0 Å². The summed E-state index contributed by atoms with van der Waals surface area (Å²) in [5.74, 6) is 0.0532. The van der Waals surface area contributed by atoms with Gasteiger partial charge in [0.05, 0.1) is 17.1 Å². The Morgan fingerprint density at radius 2 is 2.21 bits per heavy atom. The van der Waals surface area contributed by atoms with Gasteiger partial charge in [-0.1, -0.05) is 6.07 Å². The molecule has 0 amide bonds. The van der Waals surface area contributed by atoms with Crippen LogP contribution in [0.1, 0.15) is 11.7 Å². The van der Waals surface area contributed by atoms with Crippen LogP contribution in [0, 0.1) is 3.57 Å². The third-order valence-electron chi connectivity index (χ3n) is 2.10. The van der Waals surface area contributed by atoms with Crippen LogP contribution < -0.4 is 0 Å². The molecule has 4 heteroatoms. The maximum absolute atomic E-state index is 11.2. The molecule has 0 atom stereocenters. The number of benzene rings is 1. The zero-order chi connectivity index (χ0) is 10.3. The van der Waals surface area contributed by atoms with Crippen molar-refractivity contribution in [3.8, 4) is 5.75 Å². The Labute approximate surface area is 94.5 Å². The molecule has 0 aliphatic rings. The summed E-state index contributed by atoms with van der Waals surface area (Å²) in [7, 11) is 0. The number of rotatable bonds is 0. The lowest BCUT2D eigenvalue weighted by Crippen LogP contribution is -2.02. The Balaban J connectivity index is 2.91. The summed E-state index contributed by atoms with van der Waals surface area (Å²) in [6, 6.07) is 5.58. The highest BCUT2D eigenvalue weighted by molar-refractivity contribution is 14.1. The van der Waals surface area contributed by atoms with Gasteiger partial charge in [-0.3, -0.25) is 9.36 Å². The Bertz CT molecular complexity index is 516. The van der Waals surface area contributed by atoms with Gasteiger partial charge in [0.1, 0.15) is 5.75 Å². The van der Waals surface area contributed by atoms with E-state index in [0.717, 1.165) is 14.5 Å². The molecule has 0 spiro atoms. The molecule has 2 rings (SSSR count). The van der Waals surface area contributed by atoms with Crippen LogP contribution >= 0.6 is 22.6 Å². The van der Waals surface area contributed by atoms with Gasteiger partial charge in [0.2, 0.25) is 5.91 Å². The monoisotopic (exact) mass is 301 g/mol. The van der Waals surface area contributed by atoms with Gasteiger partial charge in [0, 0.05) is 10.5 Å². The van der Waals surface area contributed by atoms with Crippen molar-refractivity contribution >= 4 is 39.4 Å². The summed E-state index contributed by atoms with van der Waals surface area (Å²) in [6.45, 7) is 1.47. The first-order valence-electron chi connectivity index (χ1n) is 4.10. The van der Waals surface area contributed by atoms with Gasteiger partial charge >= 0.3 is 0 Å². The molecule has 2 aromatic rings. The van der Waals surface area contributed by atoms with Crippen molar-refractivity contribution in [3.05, 3.63) is 28.0 Å². The first-order valence-corrected chi connectivity index (χ1v) is 5.18. The van der Waals surface area contributed by atoms with E-state index >= 15 is 0 Å². The fourth-order valence-corrected chi connectivity index (χ4v) is 2.24. The number of carbonyl (C=O) groups is 1. The third kappa shape index (κ3) is 1.30. The Morgan fingerprint density at radius 3 is 2.86 bits per heavy atom. The normalized spacial score (nSPS) is 10.7. The van der Waals surface area contributed by atoms with Crippen LogP contribution in [-0.2, 0) is 0 Å². The van der Waals surface area contributed by atoms with E-state index in [1.54, 1.807) is 0 Å². The first kappa shape index (κ1) is 9.51. The van der Waals surface area contributed by atoms with Crippen molar-refractivity contribution in [3.63, 3.8) is 0 Å². The lowest BCUT2D eigenvalue weighted by molar-refractivity contribution is 0.0941. The van der Waals surface area contributed by atoms with Crippen molar-refractivity contribution in [2.24, 2.45) is 0 Å². The topological polar surface area (TPSA) is 42.2 Å². The Morgan fingerprint density at radius 1 is 1.50 bits per heavy atom. The fourth-order valence-electron chi connectivity index (χ4n) is 1.48. The fraction of sp³-hybridized carbons (Fsp3) is 0.100. The lowest BCUT2D eigenvalue weighted by Gasteiger charge is -1.98. The van der Waals surface area contributed by atoms with Crippen LogP contribution in [0.3, 0.4) is 0 Å². The van der Waals surface area contributed by atoms with E-state index < -0.39 is 0 Å². The average Bonchev–Trinajstić information content (AvgIpc) is 2.45. The van der Waals surface area contributed by atoms with Crippen LogP contribution in [-0.4, -0.2) is 15.6 Å². The largest absolute Gasteiger partial charge is 0.506 e. The summed E-state index contributed by atoms with van der Waals surface area (Å²) in [4.78, 5) is 11.2. The number of fused-ring (bicyclic) bond motifs is 1. The van der Waals surface area contributed by atoms with Crippen molar-refractivity contribution in [2.45, 2.75) is 6.92 Å². The van der Waals surface area contributed by atoms with Crippen LogP contribution in [0.25, 0.3) is 10.9 Å². The molecule has 0 radical (unpaired) electrons. The maximum atomic E-state index is 11.2. The minimum atomic E-state index is -0.0997. The Hall–Kier alpha value is -1.04.